The normalized spacial score (nSPS) is 9.95. The Hall–Kier alpha value is -2.35. The first-order valence-electron chi connectivity index (χ1n) is 5.64. The summed E-state index contributed by atoms with van der Waals surface area (Å²) in [6, 6.07) is 1.86. The zero-order chi connectivity index (χ0) is 14.0. The lowest BCUT2D eigenvalue weighted by Crippen LogP contribution is -2.00. The van der Waals surface area contributed by atoms with E-state index in [1.165, 1.54) is 20.4 Å². The van der Waals surface area contributed by atoms with Crippen molar-refractivity contribution in [1.82, 2.24) is 9.97 Å². The number of rotatable bonds is 2. The molecule has 98 valence electrons. The van der Waals surface area contributed by atoms with Crippen molar-refractivity contribution in [1.29, 1.82) is 0 Å². The second kappa shape index (κ2) is 5.11. The molecule has 0 aliphatic carbocycles. The minimum atomic E-state index is 0.250. The van der Waals surface area contributed by atoms with Crippen LogP contribution in [0.4, 0.5) is 4.39 Å². The molecule has 0 saturated carbocycles. The number of fused-ring (bicyclic) bond motifs is 1. The SMILES string of the molecule is COc1nc2cc(C)c(C)c(C#CF)c2nc1OC. The fourth-order valence-corrected chi connectivity index (χ4v) is 1.86. The van der Waals surface area contributed by atoms with Crippen LogP contribution in [0.5, 0.6) is 11.8 Å². The zero-order valence-electron chi connectivity index (χ0n) is 11.2. The lowest BCUT2D eigenvalue weighted by molar-refractivity contribution is 0.334. The van der Waals surface area contributed by atoms with Crippen LogP contribution < -0.4 is 9.47 Å². The molecule has 0 atom stereocenters. The predicted molar refractivity (Wildman–Crippen MR) is 70.1 cm³/mol. The van der Waals surface area contributed by atoms with E-state index in [1.54, 1.807) is 0 Å². The fraction of sp³-hybridized carbons (Fsp3) is 0.286. The molecule has 0 saturated heterocycles. The number of aromatic nitrogens is 2. The van der Waals surface area contributed by atoms with Gasteiger partial charge in [0.2, 0.25) is 0 Å². The Morgan fingerprint density at radius 3 is 2.32 bits per heavy atom. The lowest BCUT2D eigenvalue weighted by Gasteiger charge is -2.10. The Bertz CT molecular complexity index is 702. The Balaban J connectivity index is 2.90. The second-order valence-electron chi connectivity index (χ2n) is 4.02. The molecule has 1 heterocycles. The molecule has 0 bridgehead atoms. The Labute approximate surface area is 110 Å². The van der Waals surface area contributed by atoms with Crippen LogP contribution in [0.15, 0.2) is 6.07 Å². The van der Waals surface area contributed by atoms with E-state index in [0.717, 1.165) is 11.1 Å². The van der Waals surface area contributed by atoms with Gasteiger partial charge in [-0.25, -0.2) is 9.97 Å². The molecule has 0 unspecified atom stereocenters. The summed E-state index contributed by atoms with van der Waals surface area (Å²) in [5.41, 5.74) is 3.46. The van der Waals surface area contributed by atoms with Crippen LogP contribution in [0.1, 0.15) is 16.7 Å². The zero-order valence-corrected chi connectivity index (χ0v) is 11.2. The molecular weight excluding hydrogens is 247 g/mol. The van der Waals surface area contributed by atoms with E-state index in [0.29, 0.717) is 16.6 Å². The maximum Gasteiger partial charge on any atom is 0.278 e. The summed E-state index contributed by atoms with van der Waals surface area (Å²) >= 11 is 0. The molecule has 5 heteroatoms. The van der Waals surface area contributed by atoms with Crippen LogP contribution in [0.3, 0.4) is 0 Å². The minimum absolute atomic E-state index is 0.250. The topological polar surface area (TPSA) is 44.2 Å². The average molecular weight is 260 g/mol. The molecule has 0 spiro atoms. The van der Waals surface area contributed by atoms with Gasteiger partial charge in [0, 0.05) is 0 Å². The highest BCUT2D eigenvalue weighted by Gasteiger charge is 2.14. The molecule has 0 N–H and O–H groups in total. The van der Waals surface area contributed by atoms with Gasteiger partial charge in [0.25, 0.3) is 11.8 Å². The summed E-state index contributed by atoms with van der Waals surface area (Å²) in [6.45, 7) is 3.78. The first-order chi connectivity index (χ1) is 9.12. The highest BCUT2D eigenvalue weighted by molar-refractivity contribution is 5.84. The first kappa shape index (κ1) is 13.1. The van der Waals surface area contributed by atoms with Crippen molar-refractivity contribution in [3.8, 4) is 23.9 Å². The van der Waals surface area contributed by atoms with Gasteiger partial charge in [0.15, 0.2) is 0 Å². The predicted octanol–water partition coefficient (Wildman–Crippen LogP) is 2.54. The van der Waals surface area contributed by atoms with Crippen molar-refractivity contribution in [3.63, 3.8) is 0 Å². The van der Waals surface area contributed by atoms with Gasteiger partial charge in [-0.1, -0.05) is 0 Å². The second-order valence-corrected chi connectivity index (χ2v) is 4.02. The molecule has 0 aliphatic heterocycles. The van der Waals surface area contributed by atoms with Crippen LogP contribution >= 0.6 is 0 Å². The first-order valence-corrected chi connectivity index (χ1v) is 5.64. The fourth-order valence-electron chi connectivity index (χ4n) is 1.86. The monoisotopic (exact) mass is 260 g/mol. The molecular formula is C14H13FN2O2. The molecule has 0 amide bonds. The summed E-state index contributed by atoms with van der Waals surface area (Å²) < 4.78 is 22.6. The van der Waals surface area contributed by atoms with Crippen molar-refractivity contribution in [2.45, 2.75) is 13.8 Å². The number of methoxy groups -OCH3 is 2. The molecule has 2 aromatic rings. The quantitative estimate of drug-likeness (QED) is 0.778. The number of aryl methyl sites for hydroxylation is 1. The summed E-state index contributed by atoms with van der Waals surface area (Å²) in [6.07, 6.45) is 1.42. The third-order valence-electron chi connectivity index (χ3n) is 2.98. The maximum absolute atomic E-state index is 12.4. The lowest BCUT2D eigenvalue weighted by atomic mass is 10.0. The molecule has 2 rings (SSSR count). The standard InChI is InChI=1S/C14H13FN2O2/c1-8-7-11-12(10(5-6-15)9(8)2)17-14(19-4)13(16-11)18-3/h7H,1-4H3. The largest absolute Gasteiger partial charge is 0.477 e. The average Bonchev–Trinajstić information content (AvgIpc) is 2.42. The van der Waals surface area contributed by atoms with Gasteiger partial charge in [0.05, 0.1) is 25.3 Å². The van der Waals surface area contributed by atoms with Crippen molar-refractivity contribution in [2.24, 2.45) is 0 Å². The molecule has 0 radical (unpaired) electrons. The molecule has 19 heavy (non-hydrogen) atoms. The van der Waals surface area contributed by atoms with E-state index >= 15 is 0 Å². The van der Waals surface area contributed by atoms with Gasteiger partial charge in [-0.3, -0.25) is 0 Å². The van der Waals surface area contributed by atoms with Crippen molar-refractivity contribution in [2.75, 3.05) is 14.2 Å². The van der Waals surface area contributed by atoms with E-state index in [4.69, 9.17) is 9.47 Å². The van der Waals surface area contributed by atoms with E-state index in [1.807, 2.05) is 19.9 Å². The van der Waals surface area contributed by atoms with E-state index in [9.17, 15) is 4.39 Å². The molecule has 1 aromatic heterocycles. The van der Waals surface area contributed by atoms with Gasteiger partial charge in [0.1, 0.15) is 11.7 Å². The van der Waals surface area contributed by atoms with Gasteiger partial charge < -0.3 is 9.47 Å². The number of hydrogen-bond donors (Lipinski definition) is 0. The smallest absolute Gasteiger partial charge is 0.278 e. The van der Waals surface area contributed by atoms with Crippen molar-refractivity contribution in [3.05, 3.63) is 22.8 Å². The van der Waals surface area contributed by atoms with Gasteiger partial charge >= 0.3 is 0 Å². The summed E-state index contributed by atoms with van der Waals surface area (Å²) in [4.78, 5) is 8.62. The highest BCUT2D eigenvalue weighted by atomic mass is 19.1. The number of ether oxygens (including phenoxy) is 2. The number of halogens is 1. The van der Waals surface area contributed by atoms with E-state index < -0.39 is 0 Å². The van der Waals surface area contributed by atoms with Crippen LogP contribution in [-0.4, -0.2) is 24.2 Å². The molecule has 1 aromatic carbocycles. The third-order valence-corrected chi connectivity index (χ3v) is 2.98. The Kier molecular flexibility index (Phi) is 3.52. The van der Waals surface area contributed by atoms with Crippen molar-refractivity contribution < 1.29 is 13.9 Å². The maximum atomic E-state index is 12.4. The third kappa shape index (κ3) is 2.17. The minimum Gasteiger partial charge on any atom is -0.477 e. The van der Waals surface area contributed by atoms with Gasteiger partial charge in [-0.2, -0.15) is 0 Å². The summed E-state index contributed by atoms with van der Waals surface area (Å²) in [7, 11) is 2.96. The molecule has 0 aliphatic rings. The molecule has 0 fully saturated rings. The van der Waals surface area contributed by atoms with E-state index in [2.05, 4.69) is 15.9 Å². The van der Waals surface area contributed by atoms with Gasteiger partial charge in [-0.15, -0.1) is 4.39 Å². The van der Waals surface area contributed by atoms with E-state index in [-0.39, 0.29) is 11.8 Å². The number of hydrogen-bond acceptors (Lipinski definition) is 4. The van der Waals surface area contributed by atoms with Crippen LogP contribution in [0.25, 0.3) is 11.0 Å². The van der Waals surface area contributed by atoms with Crippen molar-refractivity contribution >= 4 is 11.0 Å². The van der Waals surface area contributed by atoms with Crippen LogP contribution in [0.2, 0.25) is 0 Å². The number of benzene rings is 1. The van der Waals surface area contributed by atoms with Gasteiger partial charge in [-0.05, 0) is 37.0 Å². The Morgan fingerprint density at radius 2 is 1.74 bits per heavy atom. The number of nitrogens with zero attached hydrogens (tertiary/aromatic N) is 2. The van der Waals surface area contributed by atoms with Crippen LogP contribution in [0, 0.1) is 25.9 Å². The summed E-state index contributed by atoms with van der Waals surface area (Å²) in [5, 5.41) is 0. The molecule has 4 nitrogen and oxygen atoms in total. The van der Waals surface area contributed by atoms with Crippen LogP contribution in [-0.2, 0) is 0 Å². The Morgan fingerprint density at radius 1 is 1.11 bits per heavy atom. The highest BCUT2D eigenvalue weighted by Crippen LogP contribution is 2.29. The summed E-state index contributed by atoms with van der Waals surface area (Å²) in [5.74, 6) is 2.97.